The molecule has 0 fully saturated rings. The molecule has 0 aliphatic rings. The molecule has 1 aromatic heterocycles. The molecule has 1 aromatic carbocycles. The van der Waals surface area contributed by atoms with Gasteiger partial charge >= 0.3 is 0 Å². The number of nitrogens with one attached hydrogen (secondary N) is 1. The lowest BCUT2D eigenvalue weighted by atomic mass is 10.0. The van der Waals surface area contributed by atoms with E-state index in [4.69, 9.17) is 11.6 Å². The zero-order chi connectivity index (χ0) is 14.7. The lowest BCUT2D eigenvalue weighted by Crippen LogP contribution is -2.22. The number of benzene rings is 1. The Kier molecular flexibility index (Phi) is 5.19. The van der Waals surface area contributed by atoms with Gasteiger partial charge in [0.25, 0.3) is 0 Å². The zero-order valence-electron chi connectivity index (χ0n) is 12.0. The summed E-state index contributed by atoms with van der Waals surface area (Å²) in [5.41, 5.74) is 1.95. The van der Waals surface area contributed by atoms with Crippen LogP contribution in [0, 0.1) is 19.7 Å². The second-order valence-corrected chi connectivity index (χ2v) is 6.61. The van der Waals surface area contributed by atoms with E-state index in [-0.39, 0.29) is 16.9 Å². The molecular formula is C16H19ClFNS. The van der Waals surface area contributed by atoms with Crippen LogP contribution in [0.2, 0.25) is 5.02 Å². The predicted molar refractivity (Wildman–Crippen MR) is 85.3 cm³/mol. The van der Waals surface area contributed by atoms with Crippen molar-refractivity contribution in [2.45, 2.75) is 33.2 Å². The highest BCUT2D eigenvalue weighted by molar-refractivity contribution is 7.12. The van der Waals surface area contributed by atoms with Crippen LogP contribution in [0.15, 0.2) is 24.3 Å². The van der Waals surface area contributed by atoms with E-state index in [1.165, 1.54) is 15.3 Å². The zero-order valence-corrected chi connectivity index (χ0v) is 13.5. The summed E-state index contributed by atoms with van der Waals surface area (Å²) in [5.74, 6) is -0.304. The standard InChI is InChI=1S/C16H19ClFNS/c1-4-19-14(15-8-10(2)11(3)20-15)9-12-6-5-7-13(17)16(12)18/h5-8,14,19H,4,9H2,1-3H3. The highest BCUT2D eigenvalue weighted by Crippen LogP contribution is 2.30. The van der Waals surface area contributed by atoms with Crippen molar-refractivity contribution in [3.63, 3.8) is 0 Å². The second kappa shape index (κ2) is 6.70. The first kappa shape index (κ1) is 15.5. The topological polar surface area (TPSA) is 12.0 Å². The molecule has 1 atom stereocenters. The van der Waals surface area contributed by atoms with Gasteiger partial charge in [0, 0.05) is 15.8 Å². The molecule has 0 aliphatic heterocycles. The van der Waals surface area contributed by atoms with Gasteiger partial charge in [0.1, 0.15) is 5.82 Å². The maximum atomic E-state index is 14.0. The second-order valence-electron chi connectivity index (χ2n) is 4.92. The van der Waals surface area contributed by atoms with E-state index in [0.29, 0.717) is 12.0 Å². The van der Waals surface area contributed by atoms with Crippen LogP contribution in [0.5, 0.6) is 0 Å². The molecule has 0 spiro atoms. The van der Waals surface area contributed by atoms with E-state index >= 15 is 0 Å². The summed E-state index contributed by atoms with van der Waals surface area (Å²) < 4.78 is 14.0. The van der Waals surface area contributed by atoms with Gasteiger partial charge in [0.05, 0.1) is 5.02 Å². The van der Waals surface area contributed by atoms with E-state index in [1.54, 1.807) is 29.5 Å². The minimum atomic E-state index is -0.304. The average molecular weight is 312 g/mol. The third-order valence-electron chi connectivity index (χ3n) is 3.43. The first-order valence-corrected chi connectivity index (χ1v) is 7.95. The SMILES string of the molecule is CCNC(Cc1cccc(Cl)c1F)c1cc(C)c(C)s1. The monoisotopic (exact) mass is 311 g/mol. The number of halogens is 2. The van der Waals surface area contributed by atoms with Gasteiger partial charge in [-0.05, 0) is 50.1 Å². The molecule has 1 N–H and O–H groups in total. The van der Waals surface area contributed by atoms with Crippen LogP contribution in [0.25, 0.3) is 0 Å². The summed E-state index contributed by atoms with van der Waals surface area (Å²) in [7, 11) is 0. The Bertz CT molecular complexity index is 575. The highest BCUT2D eigenvalue weighted by atomic mass is 35.5. The van der Waals surface area contributed by atoms with E-state index in [9.17, 15) is 4.39 Å². The quantitative estimate of drug-likeness (QED) is 0.814. The molecule has 0 aliphatic carbocycles. The lowest BCUT2D eigenvalue weighted by Gasteiger charge is -2.17. The fourth-order valence-corrected chi connectivity index (χ4v) is 3.53. The minimum absolute atomic E-state index is 0.130. The van der Waals surface area contributed by atoms with Gasteiger partial charge in [-0.25, -0.2) is 4.39 Å². The van der Waals surface area contributed by atoms with Crippen molar-refractivity contribution in [3.05, 3.63) is 56.0 Å². The molecule has 0 radical (unpaired) electrons. The molecular weight excluding hydrogens is 293 g/mol. The van der Waals surface area contributed by atoms with Crippen LogP contribution in [-0.2, 0) is 6.42 Å². The number of likely N-dealkylation sites (N-methyl/N-ethyl adjacent to an activating group) is 1. The number of hydrogen-bond donors (Lipinski definition) is 1. The Morgan fingerprint density at radius 2 is 2.10 bits per heavy atom. The normalized spacial score (nSPS) is 12.7. The number of thiophene rings is 1. The first-order valence-electron chi connectivity index (χ1n) is 6.76. The molecule has 1 unspecified atom stereocenters. The van der Waals surface area contributed by atoms with Crippen LogP contribution in [0.4, 0.5) is 4.39 Å². The molecule has 0 saturated carbocycles. The average Bonchev–Trinajstić information content (AvgIpc) is 2.74. The van der Waals surface area contributed by atoms with Gasteiger partial charge in [0.2, 0.25) is 0 Å². The number of hydrogen-bond acceptors (Lipinski definition) is 2. The molecule has 0 amide bonds. The fourth-order valence-electron chi connectivity index (χ4n) is 2.22. The highest BCUT2D eigenvalue weighted by Gasteiger charge is 2.17. The molecule has 4 heteroatoms. The van der Waals surface area contributed by atoms with Crippen molar-refractivity contribution in [1.82, 2.24) is 5.32 Å². The molecule has 2 aromatic rings. The van der Waals surface area contributed by atoms with Gasteiger partial charge in [-0.1, -0.05) is 30.7 Å². The Hall–Kier alpha value is -0.900. The summed E-state index contributed by atoms with van der Waals surface area (Å²) in [6.07, 6.45) is 0.611. The van der Waals surface area contributed by atoms with Gasteiger partial charge in [0.15, 0.2) is 0 Å². The lowest BCUT2D eigenvalue weighted by molar-refractivity contribution is 0.534. The van der Waals surface area contributed by atoms with Gasteiger partial charge in [-0.2, -0.15) is 0 Å². The van der Waals surface area contributed by atoms with Crippen LogP contribution < -0.4 is 5.32 Å². The summed E-state index contributed by atoms with van der Waals surface area (Å²) >= 11 is 7.63. The predicted octanol–water partition coefficient (Wildman–Crippen LogP) is 5.05. The van der Waals surface area contributed by atoms with Crippen LogP contribution in [0.1, 0.15) is 33.8 Å². The summed E-state index contributed by atoms with van der Waals surface area (Å²) in [6.45, 7) is 7.14. The van der Waals surface area contributed by atoms with Crippen LogP contribution in [-0.4, -0.2) is 6.54 Å². The van der Waals surface area contributed by atoms with Crippen LogP contribution >= 0.6 is 22.9 Å². The van der Waals surface area contributed by atoms with Crippen molar-refractivity contribution in [3.8, 4) is 0 Å². The number of rotatable bonds is 5. The summed E-state index contributed by atoms with van der Waals surface area (Å²) in [5, 5.41) is 3.63. The Morgan fingerprint density at radius 1 is 1.35 bits per heavy atom. The van der Waals surface area contributed by atoms with E-state index in [2.05, 4.69) is 32.2 Å². The van der Waals surface area contributed by atoms with Crippen molar-refractivity contribution in [2.24, 2.45) is 0 Å². The summed E-state index contributed by atoms with van der Waals surface area (Å²) in [6, 6.07) is 7.51. The Balaban J connectivity index is 2.27. The van der Waals surface area contributed by atoms with Crippen molar-refractivity contribution in [1.29, 1.82) is 0 Å². The molecule has 0 saturated heterocycles. The molecule has 20 heavy (non-hydrogen) atoms. The first-order chi connectivity index (χ1) is 9.52. The molecule has 1 heterocycles. The third kappa shape index (κ3) is 3.40. The van der Waals surface area contributed by atoms with Crippen molar-refractivity contribution >= 4 is 22.9 Å². The van der Waals surface area contributed by atoms with Gasteiger partial charge < -0.3 is 5.32 Å². The minimum Gasteiger partial charge on any atom is -0.309 e. The molecule has 1 nitrogen and oxygen atoms in total. The third-order valence-corrected chi connectivity index (χ3v) is 4.99. The van der Waals surface area contributed by atoms with Crippen molar-refractivity contribution in [2.75, 3.05) is 6.54 Å². The molecule has 0 bridgehead atoms. The number of aryl methyl sites for hydroxylation is 2. The smallest absolute Gasteiger partial charge is 0.145 e. The van der Waals surface area contributed by atoms with E-state index in [0.717, 1.165) is 6.54 Å². The van der Waals surface area contributed by atoms with E-state index < -0.39 is 0 Å². The molecule has 108 valence electrons. The van der Waals surface area contributed by atoms with Crippen molar-refractivity contribution < 1.29 is 4.39 Å². The van der Waals surface area contributed by atoms with E-state index in [1.807, 2.05) is 0 Å². The summed E-state index contributed by atoms with van der Waals surface area (Å²) in [4.78, 5) is 2.57. The fraction of sp³-hybridized carbons (Fsp3) is 0.375. The Morgan fingerprint density at radius 3 is 2.70 bits per heavy atom. The maximum Gasteiger partial charge on any atom is 0.145 e. The Labute approximate surface area is 128 Å². The largest absolute Gasteiger partial charge is 0.309 e. The van der Waals surface area contributed by atoms with Gasteiger partial charge in [-0.3, -0.25) is 0 Å². The van der Waals surface area contributed by atoms with Crippen LogP contribution in [0.3, 0.4) is 0 Å². The maximum absolute atomic E-state index is 14.0. The van der Waals surface area contributed by atoms with Gasteiger partial charge in [-0.15, -0.1) is 11.3 Å². The molecule has 2 rings (SSSR count).